The Hall–Kier alpha value is -0.810. The van der Waals surface area contributed by atoms with Gasteiger partial charge in [-0.3, -0.25) is 0 Å². The van der Waals surface area contributed by atoms with E-state index < -0.39 is 0 Å². The molecule has 0 unspecified atom stereocenters. The van der Waals surface area contributed by atoms with E-state index in [1.54, 1.807) is 11.3 Å². The van der Waals surface area contributed by atoms with Gasteiger partial charge in [0.05, 0.1) is 11.1 Å². The van der Waals surface area contributed by atoms with Crippen LogP contribution in [0, 0.1) is 13.8 Å². The van der Waals surface area contributed by atoms with E-state index in [0.717, 1.165) is 34.5 Å². The average molecular weight is 281 g/mol. The Kier molecular flexibility index (Phi) is 4.45. The van der Waals surface area contributed by atoms with Crippen molar-refractivity contribution >= 4 is 39.1 Å². The maximum atomic E-state index is 4.68. The zero-order chi connectivity index (χ0) is 13.1. The number of nitrogens with one attached hydrogen (secondary N) is 1. The molecular weight excluding hydrogens is 262 g/mol. The third kappa shape index (κ3) is 2.62. The molecule has 0 aliphatic rings. The molecule has 5 heteroatoms. The van der Waals surface area contributed by atoms with Gasteiger partial charge in [-0.1, -0.05) is 6.92 Å². The summed E-state index contributed by atoms with van der Waals surface area (Å²) in [4.78, 5) is 11.8. The molecule has 0 amide bonds. The molecule has 0 saturated carbocycles. The molecule has 2 rings (SSSR count). The van der Waals surface area contributed by atoms with Crippen molar-refractivity contribution in [2.45, 2.75) is 33.4 Å². The summed E-state index contributed by atoms with van der Waals surface area (Å²) in [5.74, 6) is 3.92. The van der Waals surface area contributed by atoms with Crippen LogP contribution >= 0.6 is 23.1 Å². The maximum absolute atomic E-state index is 4.68. The summed E-state index contributed by atoms with van der Waals surface area (Å²) < 4.78 is 0. The van der Waals surface area contributed by atoms with Crippen molar-refractivity contribution in [3.8, 4) is 0 Å². The lowest BCUT2D eigenvalue weighted by Crippen LogP contribution is -2.04. The molecule has 3 nitrogen and oxygen atoms in total. The first kappa shape index (κ1) is 13.6. The fraction of sp³-hybridized carbons (Fsp3) is 0.538. The third-order valence-corrected chi connectivity index (χ3v) is 4.83. The lowest BCUT2D eigenvalue weighted by atomic mass is 10.2. The van der Waals surface area contributed by atoms with Crippen molar-refractivity contribution in [2.24, 2.45) is 0 Å². The second-order valence-electron chi connectivity index (χ2n) is 4.12. The minimum absolute atomic E-state index is 0.890. The lowest BCUT2D eigenvalue weighted by Gasteiger charge is -2.07. The van der Waals surface area contributed by atoms with Crippen molar-refractivity contribution in [2.75, 3.05) is 17.6 Å². The van der Waals surface area contributed by atoms with Crippen LogP contribution in [-0.2, 0) is 5.75 Å². The molecule has 2 aromatic rings. The van der Waals surface area contributed by atoms with Crippen LogP contribution < -0.4 is 5.32 Å². The molecule has 1 N–H and O–H groups in total. The van der Waals surface area contributed by atoms with Gasteiger partial charge in [0.15, 0.2) is 0 Å². The molecular formula is C13H19N3S2. The van der Waals surface area contributed by atoms with Gasteiger partial charge < -0.3 is 5.32 Å². The normalized spacial score (nSPS) is 11.1. The molecule has 0 spiro atoms. The van der Waals surface area contributed by atoms with Crippen LogP contribution in [0.25, 0.3) is 10.2 Å². The number of thiophene rings is 1. The van der Waals surface area contributed by atoms with Gasteiger partial charge in [0, 0.05) is 11.4 Å². The Balaban J connectivity index is 2.52. The van der Waals surface area contributed by atoms with Gasteiger partial charge in [-0.2, -0.15) is 11.8 Å². The molecule has 2 aromatic heterocycles. The van der Waals surface area contributed by atoms with E-state index in [1.165, 1.54) is 15.8 Å². The first-order valence-electron chi connectivity index (χ1n) is 6.25. The van der Waals surface area contributed by atoms with Gasteiger partial charge in [0.1, 0.15) is 16.5 Å². The highest BCUT2D eigenvalue weighted by Crippen LogP contribution is 2.33. The monoisotopic (exact) mass is 281 g/mol. The predicted octanol–water partition coefficient (Wildman–Crippen LogP) is 3.99. The summed E-state index contributed by atoms with van der Waals surface area (Å²) >= 11 is 3.63. The molecule has 0 aliphatic carbocycles. The number of anilines is 1. The number of nitrogens with zero attached hydrogens (tertiary/aromatic N) is 2. The van der Waals surface area contributed by atoms with Crippen LogP contribution in [0.4, 0.5) is 5.82 Å². The summed E-state index contributed by atoms with van der Waals surface area (Å²) in [7, 11) is 0. The highest BCUT2D eigenvalue weighted by molar-refractivity contribution is 7.98. The summed E-state index contributed by atoms with van der Waals surface area (Å²) in [6.07, 6.45) is 0. The highest BCUT2D eigenvalue weighted by Gasteiger charge is 2.13. The van der Waals surface area contributed by atoms with Gasteiger partial charge in [-0.05, 0) is 32.1 Å². The van der Waals surface area contributed by atoms with Crippen LogP contribution in [0.15, 0.2) is 0 Å². The van der Waals surface area contributed by atoms with Crippen LogP contribution in [0.3, 0.4) is 0 Å². The SMILES string of the molecule is CCNc1nc(CSCC)nc2sc(C)c(C)c12. The summed E-state index contributed by atoms with van der Waals surface area (Å²) in [5.41, 5.74) is 1.31. The second-order valence-corrected chi connectivity index (χ2v) is 6.60. The molecule has 0 radical (unpaired) electrons. The number of thioether (sulfide) groups is 1. The van der Waals surface area contributed by atoms with E-state index >= 15 is 0 Å². The third-order valence-electron chi connectivity index (χ3n) is 2.85. The Morgan fingerprint density at radius 1 is 1.22 bits per heavy atom. The number of aromatic nitrogens is 2. The Bertz CT molecular complexity index is 549. The predicted molar refractivity (Wildman–Crippen MR) is 82.9 cm³/mol. The Morgan fingerprint density at radius 3 is 2.67 bits per heavy atom. The van der Waals surface area contributed by atoms with Crippen molar-refractivity contribution in [1.29, 1.82) is 0 Å². The van der Waals surface area contributed by atoms with Gasteiger partial charge in [0.25, 0.3) is 0 Å². The standard InChI is InChI=1S/C13H19N3S2/c1-5-14-12-11-8(3)9(4)18-13(11)16-10(15-12)7-17-6-2/h5-7H2,1-4H3,(H,14,15,16). The smallest absolute Gasteiger partial charge is 0.142 e. The van der Waals surface area contributed by atoms with E-state index in [9.17, 15) is 0 Å². The first-order chi connectivity index (χ1) is 8.67. The van der Waals surface area contributed by atoms with Gasteiger partial charge >= 0.3 is 0 Å². The van der Waals surface area contributed by atoms with E-state index in [-0.39, 0.29) is 0 Å². The lowest BCUT2D eigenvalue weighted by molar-refractivity contribution is 1.05. The molecule has 2 heterocycles. The summed E-state index contributed by atoms with van der Waals surface area (Å²) in [5, 5.41) is 4.57. The Labute approximate surface area is 116 Å². The average Bonchev–Trinajstić information content (AvgIpc) is 2.63. The number of hydrogen-bond acceptors (Lipinski definition) is 5. The summed E-state index contributed by atoms with van der Waals surface area (Å²) in [6.45, 7) is 9.45. The molecule has 0 saturated heterocycles. The fourth-order valence-electron chi connectivity index (χ4n) is 1.85. The van der Waals surface area contributed by atoms with E-state index in [1.807, 2.05) is 11.8 Å². The van der Waals surface area contributed by atoms with Crippen molar-refractivity contribution in [3.05, 3.63) is 16.3 Å². The topological polar surface area (TPSA) is 37.8 Å². The van der Waals surface area contributed by atoms with Crippen LogP contribution in [-0.4, -0.2) is 22.3 Å². The molecule has 0 aromatic carbocycles. The minimum Gasteiger partial charge on any atom is -0.370 e. The molecule has 98 valence electrons. The van der Waals surface area contributed by atoms with E-state index in [0.29, 0.717) is 0 Å². The quantitative estimate of drug-likeness (QED) is 0.899. The van der Waals surface area contributed by atoms with Crippen molar-refractivity contribution in [3.63, 3.8) is 0 Å². The second kappa shape index (κ2) is 5.89. The van der Waals surface area contributed by atoms with Gasteiger partial charge in [0.2, 0.25) is 0 Å². The van der Waals surface area contributed by atoms with Crippen molar-refractivity contribution < 1.29 is 0 Å². The highest BCUT2D eigenvalue weighted by atomic mass is 32.2. The van der Waals surface area contributed by atoms with Crippen molar-refractivity contribution in [1.82, 2.24) is 9.97 Å². The number of rotatable bonds is 5. The number of hydrogen-bond donors (Lipinski definition) is 1. The largest absolute Gasteiger partial charge is 0.370 e. The minimum atomic E-state index is 0.890. The van der Waals surface area contributed by atoms with Crippen LogP contribution in [0.2, 0.25) is 0 Å². The Morgan fingerprint density at radius 2 is 2.00 bits per heavy atom. The van der Waals surface area contributed by atoms with Crippen LogP contribution in [0.5, 0.6) is 0 Å². The van der Waals surface area contributed by atoms with Gasteiger partial charge in [-0.25, -0.2) is 9.97 Å². The molecule has 0 fully saturated rings. The molecule has 0 aliphatic heterocycles. The molecule has 0 bridgehead atoms. The maximum Gasteiger partial charge on any atom is 0.142 e. The van der Waals surface area contributed by atoms with E-state index in [2.05, 4.69) is 43.0 Å². The van der Waals surface area contributed by atoms with E-state index in [4.69, 9.17) is 0 Å². The van der Waals surface area contributed by atoms with Crippen LogP contribution in [0.1, 0.15) is 30.1 Å². The number of fused-ring (bicyclic) bond motifs is 1. The fourth-order valence-corrected chi connectivity index (χ4v) is 3.41. The summed E-state index contributed by atoms with van der Waals surface area (Å²) in [6, 6.07) is 0. The van der Waals surface area contributed by atoms with Gasteiger partial charge in [-0.15, -0.1) is 11.3 Å². The molecule has 18 heavy (non-hydrogen) atoms. The number of aryl methyl sites for hydroxylation is 2. The zero-order valence-corrected chi connectivity index (χ0v) is 13.0. The molecule has 0 atom stereocenters. The zero-order valence-electron chi connectivity index (χ0n) is 11.3. The first-order valence-corrected chi connectivity index (χ1v) is 8.22.